The first-order chi connectivity index (χ1) is 10.8. The Kier molecular flexibility index (Phi) is 3.29. The van der Waals surface area contributed by atoms with Gasteiger partial charge in [-0.25, -0.2) is 0 Å². The summed E-state index contributed by atoms with van der Waals surface area (Å²) in [5, 5.41) is 4.00. The molecule has 0 amide bonds. The number of anilines is 1. The van der Waals surface area contributed by atoms with Gasteiger partial charge in [0.1, 0.15) is 5.52 Å². The van der Waals surface area contributed by atoms with Crippen LogP contribution in [0.2, 0.25) is 0 Å². The molecule has 4 rings (SSSR count). The van der Waals surface area contributed by atoms with Gasteiger partial charge in [-0.05, 0) is 30.9 Å². The van der Waals surface area contributed by atoms with Crippen molar-refractivity contribution in [2.75, 3.05) is 18.0 Å². The van der Waals surface area contributed by atoms with E-state index in [9.17, 15) is 0 Å². The number of para-hydroxylation sites is 2. The summed E-state index contributed by atoms with van der Waals surface area (Å²) in [5.41, 5.74) is 1.75. The molecule has 0 radical (unpaired) electrons. The van der Waals surface area contributed by atoms with Crippen LogP contribution in [0.5, 0.6) is 0 Å². The van der Waals surface area contributed by atoms with Crippen molar-refractivity contribution in [1.29, 1.82) is 0 Å². The van der Waals surface area contributed by atoms with Crippen LogP contribution in [0.25, 0.3) is 11.1 Å². The molecule has 1 saturated heterocycles. The molecular weight excluding hydrogens is 280 g/mol. The Morgan fingerprint density at radius 1 is 1.27 bits per heavy atom. The summed E-state index contributed by atoms with van der Waals surface area (Å²) < 4.78 is 10.9. The van der Waals surface area contributed by atoms with Crippen LogP contribution < -0.4 is 4.90 Å². The number of piperidine rings is 1. The van der Waals surface area contributed by atoms with E-state index < -0.39 is 0 Å². The molecule has 6 nitrogen and oxygen atoms in total. The molecule has 1 fully saturated rings. The van der Waals surface area contributed by atoms with Gasteiger partial charge in [-0.3, -0.25) is 0 Å². The third-order valence-corrected chi connectivity index (χ3v) is 4.11. The maximum Gasteiger partial charge on any atom is 0.298 e. The third-order valence-electron chi connectivity index (χ3n) is 4.11. The molecular formula is C16H18N4O2. The van der Waals surface area contributed by atoms with E-state index >= 15 is 0 Å². The molecule has 3 heterocycles. The van der Waals surface area contributed by atoms with Crippen molar-refractivity contribution in [2.45, 2.75) is 26.2 Å². The van der Waals surface area contributed by atoms with Crippen LogP contribution in [-0.2, 0) is 6.42 Å². The van der Waals surface area contributed by atoms with E-state index in [4.69, 9.17) is 8.94 Å². The quantitative estimate of drug-likeness (QED) is 0.740. The molecule has 2 aromatic heterocycles. The van der Waals surface area contributed by atoms with E-state index in [0.29, 0.717) is 11.8 Å². The van der Waals surface area contributed by atoms with Crippen LogP contribution in [-0.4, -0.2) is 28.2 Å². The second-order valence-corrected chi connectivity index (χ2v) is 5.85. The van der Waals surface area contributed by atoms with Crippen molar-refractivity contribution in [1.82, 2.24) is 15.1 Å². The van der Waals surface area contributed by atoms with Crippen molar-refractivity contribution >= 4 is 17.1 Å². The minimum atomic E-state index is 0.501. The highest BCUT2D eigenvalue weighted by Crippen LogP contribution is 2.27. The average Bonchev–Trinajstić information content (AvgIpc) is 3.13. The molecule has 22 heavy (non-hydrogen) atoms. The lowest BCUT2D eigenvalue weighted by molar-refractivity contribution is 0.364. The Morgan fingerprint density at radius 3 is 3.00 bits per heavy atom. The fourth-order valence-corrected chi connectivity index (χ4v) is 3.08. The number of aryl methyl sites for hydroxylation is 1. The third kappa shape index (κ3) is 2.56. The Hall–Kier alpha value is -2.37. The molecule has 3 aromatic rings. The second kappa shape index (κ2) is 5.44. The highest BCUT2D eigenvalue weighted by atomic mass is 16.5. The van der Waals surface area contributed by atoms with E-state index in [1.165, 1.54) is 6.42 Å². The topological polar surface area (TPSA) is 68.2 Å². The Labute approximate surface area is 128 Å². The van der Waals surface area contributed by atoms with Crippen LogP contribution in [0, 0.1) is 12.8 Å². The molecule has 0 spiro atoms. The minimum absolute atomic E-state index is 0.501. The predicted molar refractivity (Wildman–Crippen MR) is 81.7 cm³/mol. The van der Waals surface area contributed by atoms with Crippen LogP contribution in [0.3, 0.4) is 0 Å². The molecule has 0 N–H and O–H groups in total. The van der Waals surface area contributed by atoms with Crippen LogP contribution in [0.1, 0.15) is 24.6 Å². The number of benzene rings is 1. The number of hydrogen-bond acceptors (Lipinski definition) is 6. The number of nitrogens with zero attached hydrogens (tertiary/aromatic N) is 4. The molecule has 114 valence electrons. The maximum absolute atomic E-state index is 5.88. The van der Waals surface area contributed by atoms with Gasteiger partial charge in [-0.1, -0.05) is 17.3 Å². The fraction of sp³-hybridized carbons (Fsp3) is 0.438. The van der Waals surface area contributed by atoms with Crippen LogP contribution in [0.15, 0.2) is 33.2 Å². The Balaban J connectivity index is 1.50. The van der Waals surface area contributed by atoms with Gasteiger partial charge in [0, 0.05) is 26.4 Å². The summed E-state index contributed by atoms with van der Waals surface area (Å²) in [6, 6.07) is 8.60. The lowest BCUT2D eigenvalue weighted by Gasteiger charge is -2.30. The van der Waals surface area contributed by atoms with E-state index in [1.807, 2.05) is 31.2 Å². The van der Waals surface area contributed by atoms with Gasteiger partial charge < -0.3 is 13.8 Å². The number of rotatable bonds is 3. The van der Waals surface area contributed by atoms with E-state index in [1.54, 1.807) is 0 Å². The lowest BCUT2D eigenvalue weighted by Crippen LogP contribution is -2.36. The first-order valence-electron chi connectivity index (χ1n) is 7.67. The zero-order valence-electron chi connectivity index (χ0n) is 12.5. The SMILES string of the molecule is Cc1nc(C[C@@H]2CCCN(c3nc4ccccc4o3)C2)no1. The van der Waals surface area contributed by atoms with Crippen molar-refractivity contribution in [3.63, 3.8) is 0 Å². The molecule has 1 aliphatic heterocycles. The monoisotopic (exact) mass is 298 g/mol. The molecule has 1 aromatic carbocycles. The normalized spacial score (nSPS) is 19.0. The van der Waals surface area contributed by atoms with Gasteiger partial charge in [-0.2, -0.15) is 9.97 Å². The van der Waals surface area contributed by atoms with E-state index in [2.05, 4.69) is 20.0 Å². The average molecular weight is 298 g/mol. The summed E-state index contributed by atoms with van der Waals surface area (Å²) in [6.45, 7) is 3.72. The van der Waals surface area contributed by atoms with Gasteiger partial charge in [-0.15, -0.1) is 0 Å². The van der Waals surface area contributed by atoms with E-state index in [-0.39, 0.29) is 0 Å². The summed E-state index contributed by atoms with van der Waals surface area (Å²) in [6.07, 6.45) is 3.14. The Bertz CT molecular complexity index is 746. The highest BCUT2D eigenvalue weighted by molar-refractivity contribution is 5.74. The largest absolute Gasteiger partial charge is 0.423 e. The maximum atomic E-state index is 5.88. The zero-order chi connectivity index (χ0) is 14.9. The molecule has 0 unspecified atom stereocenters. The number of fused-ring (bicyclic) bond motifs is 1. The number of aromatic nitrogens is 3. The predicted octanol–water partition coefficient (Wildman–Crippen LogP) is 2.98. The molecule has 0 bridgehead atoms. The summed E-state index contributed by atoms with van der Waals surface area (Å²) >= 11 is 0. The summed E-state index contributed by atoms with van der Waals surface area (Å²) in [4.78, 5) is 11.1. The number of hydrogen-bond donors (Lipinski definition) is 0. The van der Waals surface area contributed by atoms with Crippen LogP contribution in [0.4, 0.5) is 6.01 Å². The molecule has 1 atom stereocenters. The second-order valence-electron chi connectivity index (χ2n) is 5.85. The summed E-state index contributed by atoms with van der Waals surface area (Å²) in [7, 11) is 0. The smallest absolute Gasteiger partial charge is 0.298 e. The first kappa shape index (κ1) is 13.3. The molecule has 1 aliphatic rings. The minimum Gasteiger partial charge on any atom is -0.423 e. The van der Waals surface area contributed by atoms with Crippen LogP contribution >= 0.6 is 0 Å². The van der Waals surface area contributed by atoms with Crippen molar-refractivity contribution in [3.05, 3.63) is 36.0 Å². The van der Waals surface area contributed by atoms with E-state index in [0.717, 1.165) is 48.9 Å². The molecule has 0 aliphatic carbocycles. The zero-order valence-corrected chi connectivity index (χ0v) is 12.5. The van der Waals surface area contributed by atoms with Crippen molar-refractivity contribution in [3.8, 4) is 0 Å². The number of oxazole rings is 1. The van der Waals surface area contributed by atoms with Gasteiger partial charge >= 0.3 is 0 Å². The molecule has 0 saturated carbocycles. The fourth-order valence-electron chi connectivity index (χ4n) is 3.08. The van der Waals surface area contributed by atoms with Gasteiger partial charge in [0.2, 0.25) is 5.89 Å². The van der Waals surface area contributed by atoms with Gasteiger partial charge in [0.15, 0.2) is 11.4 Å². The summed E-state index contributed by atoms with van der Waals surface area (Å²) in [5.74, 6) is 1.92. The van der Waals surface area contributed by atoms with Gasteiger partial charge in [0.05, 0.1) is 0 Å². The van der Waals surface area contributed by atoms with Crippen molar-refractivity contribution < 1.29 is 8.94 Å². The van der Waals surface area contributed by atoms with Crippen molar-refractivity contribution in [2.24, 2.45) is 5.92 Å². The highest BCUT2D eigenvalue weighted by Gasteiger charge is 2.24. The Morgan fingerprint density at radius 2 is 2.18 bits per heavy atom. The molecule has 6 heteroatoms. The first-order valence-corrected chi connectivity index (χ1v) is 7.67. The van der Waals surface area contributed by atoms with Gasteiger partial charge in [0.25, 0.3) is 6.01 Å². The standard InChI is InChI=1S/C16H18N4O2/c1-11-17-15(19-22-11)9-12-5-4-8-20(10-12)16-18-13-6-2-3-7-14(13)21-16/h2-3,6-7,12H,4-5,8-10H2,1H3/t12-/m0/s1. The lowest BCUT2D eigenvalue weighted by atomic mass is 9.95.